The van der Waals surface area contributed by atoms with E-state index in [4.69, 9.17) is 31.6 Å². The minimum absolute atomic E-state index is 0.226. The number of hydrogen-bond acceptors (Lipinski definition) is 4. The van der Waals surface area contributed by atoms with E-state index in [9.17, 15) is 4.57 Å². The summed E-state index contributed by atoms with van der Waals surface area (Å²) in [7, 11) is -3.63. The van der Waals surface area contributed by atoms with Gasteiger partial charge in [-0.15, -0.1) is 18.0 Å². The van der Waals surface area contributed by atoms with Crippen molar-refractivity contribution in [1.82, 2.24) is 0 Å². The van der Waals surface area contributed by atoms with Gasteiger partial charge in [0.25, 0.3) is 0 Å². The summed E-state index contributed by atoms with van der Waals surface area (Å²) in [6.07, 6.45) is 9.37. The van der Waals surface area contributed by atoms with E-state index in [0.717, 1.165) is 32.1 Å². The molecule has 4 nitrogen and oxygen atoms in total. The normalized spacial score (nSPS) is 20.7. The topological polar surface area (TPSA) is 44.8 Å². The second kappa shape index (κ2) is 7.67. The first-order valence-electron chi connectivity index (χ1n) is 6.72. The van der Waals surface area contributed by atoms with Crippen molar-refractivity contribution in [3.63, 3.8) is 0 Å². The van der Waals surface area contributed by atoms with Gasteiger partial charge < -0.3 is 0 Å². The summed E-state index contributed by atoms with van der Waals surface area (Å²) in [5.74, 6) is 2.50. The first-order valence-corrected chi connectivity index (χ1v) is 8.56. The van der Waals surface area contributed by atoms with Crippen LogP contribution in [-0.4, -0.2) is 24.2 Å². The summed E-state index contributed by atoms with van der Waals surface area (Å²) in [4.78, 5) is -0.670. The molecule has 0 spiro atoms. The predicted molar refractivity (Wildman–Crippen MR) is 76.2 cm³/mol. The first kappa shape index (κ1) is 17.0. The van der Waals surface area contributed by atoms with Crippen LogP contribution in [-0.2, 0) is 18.1 Å². The van der Waals surface area contributed by atoms with Crippen LogP contribution < -0.4 is 0 Å². The van der Waals surface area contributed by atoms with Gasteiger partial charge in [-0.1, -0.05) is 25.2 Å². The monoisotopic (exact) mass is 308 g/mol. The zero-order valence-electron chi connectivity index (χ0n) is 11.6. The average molecular weight is 309 g/mol. The summed E-state index contributed by atoms with van der Waals surface area (Å²) in [5.41, 5.74) is 0. The Labute approximate surface area is 120 Å². The van der Waals surface area contributed by atoms with Gasteiger partial charge in [-0.05, 0) is 26.7 Å². The van der Waals surface area contributed by atoms with Gasteiger partial charge in [-0.3, -0.25) is 13.6 Å². The van der Waals surface area contributed by atoms with Crippen molar-refractivity contribution in [3.8, 4) is 12.3 Å². The number of hydrogen-bond donors (Lipinski definition) is 0. The maximum Gasteiger partial charge on any atom is 0.476 e. The van der Waals surface area contributed by atoms with Gasteiger partial charge in [0.15, 0.2) is 0 Å². The Balaban J connectivity index is 2.79. The highest BCUT2D eigenvalue weighted by atomic mass is 35.5. The average Bonchev–Trinajstić information content (AvgIpc) is 2.37. The van der Waals surface area contributed by atoms with Gasteiger partial charge in [0, 0.05) is 0 Å². The number of phosphoric ester groups is 1. The van der Waals surface area contributed by atoms with E-state index in [1.54, 1.807) is 13.8 Å². The van der Waals surface area contributed by atoms with Crippen molar-refractivity contribution in [2.45, 2.75) is 56.9 Å². The molecule has 0 aromatic rings. The molecule has 110 valence electrons. The Kier molecular flexibility index (Phi) is 6.86. The second-order valence-corrected chi connectivity index (χ2v) is 6.90. The van der Waals surface area contributed by atoms with Crippen molar-refractivity contribution in [3.05, 3.63) is 0 Å². The van der Waals surface area contributed by atoms with E-state index in [-0.39, 0.29) is 13.2 Å². The molecule has 1 unspecified atom stereocenters. The van der Waals surface area contributed by atoms with Gasteiger partial charge in [0.1, 0.15) is 6.10 Å². The molecular weight excluding hydrogens is 287 g/mol. The molecule has 0 aromatic heterocycles. The summed E-state index contributed by atoms with van der Waals surface area (Å²) in [6.45, 7) is 3.89. The molecule has 0 saturated heterocycles. The third kappa shape index (κ3) is 4.77. The second-order valence-electron chi connectivity index (χ2n) is 4.53. The van der Waals surface area contributed by atoms with Crippen LogP contribution in [0.1, 0.15) is 46.0 Å². The molecule has 0 radical (unpaired) electrons. The van der Waals surface area contributed by atoms with Crippen molar-refractivity contribution in [1.29, 1.82) is 0 Å². The lowest BCUT2D eigenvalue weighted by atomic mass is 9.84. The molecule has 1 saturated carbocycles. The molecule has 0 bridgehead atoms. The molecule has 0 N–H and O–H groups in total. The van der Waals surface area contributed by atoms with Crippen molar-refractivity contribution in [2.24, 2.45) is 0 Å². The van der Waals surface area contributed by atoms with Crippen LogP contribution in [0.3, 0.4) is 0 Å². The van der Waals surface area contributed by atoms with Crippen LogP contribution in [0, 0.1) is 12.3 Å². The fraction of sp³-hybridized carbons (Fsp3) is 0.846. The van der Waals surface area contributed by atoms with Crippen molar-refractivity contribution < 1.29 is 18.1 Å². The zero-order chi connectivity index (χ0) is 14.4. The van der Waals surface area contributed by atoms with E-state index in [1.165, 1.54) is 0 Å². The Morgan fingerprint density at radius 1 is 1.26 bits per heavy atom. The third-order valence-corrected chi connectivity index (χ3v) is 5.31. The number of rotatable bonds is 7. The lowest BCUT2D eigenvalue weighted by molar-refractivity contribution is 0.0794. The predicted octanol–water partition coefficient (Wildman–Crippen LogP) is 4.13. The zero-order valence-corrected chi connectivity index (χ0v) is 13.2. The van der Waals surface area contributed by atoms with E-state index in [1.807, 2.05) is 0 Å². The Hall–Kier alpha value is -0.0400. The largest absolute Gasteiger partial charge is 0.476 e. The molecule has 1 rings (SSSR count). The van der Waals surface area contributed by atoms with Gasteiger partial charge in [-0.25, -0.2) is 4.57 Å². The molecule has 1 atom stereocenters. The highest BCUT2D eigenvalue weighted by Crippen LogP contribution is 2.53. The standard InChI is InChI=1S/C13H22ClO4P/c1-4-12(13(14)10-8-7-9-11-13)18-19(15,16-5-2)17-6-3/h1,12H,5-11H2,2-3H3. The fourth-order valence-corrected chi connectivity index (χ4v) is 4.01. The van der Waals surface area contributed by atoms with Crippen molar-refractivity contribution >= 4 is 19.4 Å². The molecule has 1 aliphatic carbocycles. The lowest BCUT2D eigenvalue weighted by Crippen LogP contribution is -2.39. The molecule has 0 amide bonds. The van der Waals surface area contributed by atoms with Gasteiger partial charge >= 0.3 is 7.82 Å². The smallest absolute Gasteiger partial charge is 0.287 e. The van der Waals surface area contributed by atoms with Crippen LogP contribution in [0.5, 0.6) is 0 Å². The van der Waals surface area contributed by atoms with Gasteiger partial charge in [-0.2, -0.15) is 0 Å². The molecule has 1 aliphatic rings. The summed E-state index contributed by atoms with van der Waals surface area (Å²) >= 11 is 6.55. The molecular formula is C13H22ClO4P. The summed E-state index contributed by atoms with van der Waals surface area (Å²) in [5, 5.41) is 0. The highest BCUT2D eigenvalue weighted by molar-refractivity contribution is 7.48. The van der Waals surface area contributed by atoms with Gasteiger partial charge in [0.2, 0.25) is 0 Å². The molecule has 1 fully saturated rings. The van der Waals surface area contributed by atoms with Gasteiger partial charge in [0.05, 0.1) is 18.1 Å². The van der Waals surface area contributed by atoms with Crippen molar-refractivity contribution in [2.75, 3.05) is 13.2 Å². The summed E-state index contributed by atoms with van der Waals surface area (Å²) in [6, 6.07) is 0. The third-order valence-electron chi connectivity index (χ3n) is 3.11. The number of alkyl halides is 1. The first-order chi connectivity index (χ1) is 8.99. The minimum Gasteiger partial charge on any atom is -0.287 e. The molecule has 0 aromatic carbocycles. The van der Waals surface area contributed by atoms with E-state index in [2.05, 4.69) is 5.92 Å². The highest BCUT2D eigenvalue weighted by Gasteiger charge is 2.43. The number of terminal acetylenes is 1. The lowest BCUT2D eigenvalue weighted by Gasteiger charge is -2.36. The van der Waals surface area contributed by atoms with Crippen LogP contribution in [0.25, 0.3) is 0 Å². The molecule has 19 heavy (non-hydrogen) atoms. The molecule has 6 heteroatoms. The maximum absolute atomic E-state index is 12.3. The summed E-state index contributed by atoms with van der Waals surface area (Å²) < 4.78 is 28.0. The SMILES string of the molecule is C#CC(OP(=O)(OCC)OCC)C1(Cl)CCCCC1. The molecule has 0 aliphatic heterocycles. The quantitative estimate of drug-likeness (QED) is 0.403. The van der Waals surface area contributed by atoms with Crippen LogP contribution in [0.4, 0.5) is 0 Å². The molecule has 0 heterocycles. The van der Waals surface area contributed by atoms with E-state index in [0.29, 0.717) is 0 Å². The Morgan fingerprint density at radius 3 is 2.21 bits per heavy atom. The van der Waals surface area contributed by atoms with E-state index >= 15 is 0 Å². The maximum atomic E-state index is 12.3. The Morgan fingerprint density at radius 2 is 1.79 bits per heavy atom. The number of halogens is 1. The van der Waals surface area contributed by atoms with Crippen LogP contribution in [0.2, 0.25) is 0 Å². The number of phosphoric acid groups is 1. The van der Waals surface area contributed by atoms with Crippen LogP contribution in [0.15, 0.2) is 0 Å². The fourth-order valence-electron chi connectivity index (χ4n) is 2.22. The van der Waals surface area contributed by atoms with Crippen LogP contribution >= 0.6 is 19.4 Å². The Bertz CT molecular complexity index is 350. The minimum atomic E-state index is -3.63. The van der Waals surface area contributed by atoms with E-state index < -0.39 is 18.8 Å².